The zero-order valence-corrected chi connectivity index (χ0v) is 15.3. The summed E-state index contributed by atoms with van der Waals surface area (Å²) in [6.07, 6.45) is 0. The first-order valence-electron chi connectivity index (χ1n) is 9.00. The number of aryl methyl sites for hydroxylation is 1. The van der Waals surface area contributed by atoms with Crippen molar-refractivity contribution in [3.05, 3.63) is 29.3 Å². The van der Waals surface area contributed by atoms with E-state index < -0.39 is 6.61 Å². The van der Waals surface area contributed by atoms with Gasteiger partial charge in [0.25, 0.3) is 0 Å². The van der Waals surface area contributed by atoms with Crippen LogP contribution in [0.1, 0.15) is 11.1 Å². The summed E-state index contributed by atoms with van der Waals surface area (Å²) in [5, 5.41) is 6.54. The van der Waals surface area contributed by atoms with Crippen LogP contribution in [0.5, 0.6) is 5.75 Å². The lowest BCUT2D eigenvalue weighted by molar-refractivity contribution is -0.0504. The van der Waals surface area contributed by atoms with Crippen LogP contribution in [0.2, 0.25) is 0 Å². The standard InChI is InChI=1S/C18H27F2N5O/c1-13-3-4-16(26-17(19)20)14(9-13)10-22-18(21-2)23-11-15-12-24-5-7-25(15)8-6-24/h3-4,9,15,17H,5-8,10-12H2,1-2H3,(H2,21,22,23). The van der Waals surface area contributed by atoms with Gasteiger partial charge in [-0.15, -0.1) is 0 Å². The van der Waals surface area contributed by atoms with Crippen LogP contribution >= 0.6 is 0 Å². The van der Waals surface area contributed by atoms with Crippen LogP contribution in [0.3, 0.4) is 0 Å². The molecule has 144 valence electrons. The summed E-state index contributed by atoms with van der Waals surface area (Å²) >= 11 is 0. The second-order valence-electron chi connectivity index (χ2n) is 6.79. The normalized spacial score (nSPS) is 25.4. The molecule has 26 heavy (non-hydrogen) atoms. The molecule has 0 aromatic heterocycles. The van der Waals surface area contributed by atoms with E-state index in [2.05, 4.69) is 30.2 Å². The maximum Gasteiger partial charge on any atom is 0.387 e. The predicted octanol–water partition coefficient (Wildman–Crippen LogP) is 1.26. The van der Waals surface area contributed by atoms with Crippen molar-refractivity contribution in [1.82, 2.24) is 20.4 Å². The molecule has 3 aliphatic heterocycles. The largest absolute Gasteiger partial charge is 0.434 e. The zero-order chi connectivity index (χ0) is 18.5. The monoisotopic (exact) mass is 367 g/mol. The minimum Gasteiger partial charge on any atom is -0.434 e. The lowest BCUT2D eigenvalue weighted by Crippen LogP contribution is -2.63. The van der Waals surface area contributed by atoms with Gasteiger partial charge in [0.1, 0.15) is 5.75 Å². The minimum atomic E-state index is -2.83. The van der Waals surface area contributed by atoms with Crippen molar-refractivity contribution < 1.29 is 13.5 Å². The van der Waals surface area contributed by atoms with E-state index in [0.717, 1.165) is 44.8 Å². The topological polar surface area (TPSA) is 52.1 Å². The highest BCUT2D eigenvalue weighted by molar-refractivity contribution is 5.79. The van der Waals surface area contributed by atoms with Crippen molar-refractivity contribution in [3.8, 4) is 5.75 Å². The Morgan fingerprint density at radius 3 is 2.65 bits per heavy atom. The Morgan fingerprint density at radius 1 is 1.27 bits per heavy atom. The molecule has 1 aromatic rings. The van der Waals surface area contributed by atoms with Gasteiger partial charge in [0.2, 0.25) is 0 Å². The lowest BCUT2D eigenvalue weighted by atomic mass is 10.1. The van der Waals surface area contributed by atoms with Gasteiger partial charge in [0.05, 0.1) is 0 Å². The number of guanidine groups is 1. The Morgan fingerprint density at radius 2 is 2.04 bits per heavy atom. The Hall–Kier alpha value is -1.93. The Bertz CT molecular complexity index is 632. The molecule has 8 heteroatoms. The Balaban J connectivity index is 1.53. The van der Waals surface area contributed by atoms with Gasteiger partial charge in [-0.3, -0.25) is 14.8 Å². The Kier molecular flexibility index (Phi) is 6.26. The van der Waals surface area contributed by atoms with Crippen LogP contribution in [-0.2, 0) is 6.54 Å². The first kappa shape index (κ1) is 18.8. The van der Waals surface area contributed by atoms with Crippen LogP contribution in [0.4, 0.5) is 8.78 Å². The highest BCUT2D eigenvalue weighted by Crippen LogP contribution is 2.22. The summed E-state index contributed by atoms with van der Waals surface area (Å²) < 4.78 is 29.8. The quantitative estimate of drug-likeness (QED) is 0.586. The smallest absolute Gasteiger partial charge is 0.387 e. The molecule has 0 saturated carbocycles. The number of halogens is 2. The molecular weight excluding hydrogens is 340 g/mol. The van der Waals surface area contributed by atoms with Crippen LogP contribution in [0.25, 0.3) is 0 Å². The van der Waals surface area contributed by atoms with Crippen molar-refractivity contribution in [2.45, 2.75) is 26.1 Å². The summed E-state index contributed by atoms with van der Waals surface area (Å²) in [6.45, 7) is 5.90. The average molecular weight is 367 g/mol. The third kappa shape index (κ3) is 4.82. The highest BCUT2D eigenvalue weighted by atomic mass is 19.3. The second-order valence-corrected chi connectivity index (χ2v) is 6.79. The molecule has 3 saturated heterocycles. The molecule has 2 N–H and O–H groups in total. The van der Waals surface area contributed by atoms with Gasteiger partial charge < -0.3 is 15.4 Å². The third-order valence-corrected chi connectivity index (χ3v) is 5.00. The van der Waals surface area contributed by atoms with E-state index in [1.807, 2.05) is 13.0 Å². The third-order valence-electron chi connectivity index (χ3n) is 5.00. The van der Waals surface area contributed by atoms with E-state index in [1.165, 1.54) is 0 Å². The van der Waals surface area contributed by atoms with Gasteiger partial charge in [-0.05, 0) is 13.0 Å². The molecule has 6 nitrogen and oxygen atoms in total. The number of rotatable bonds is 6. The van der Waals surface area contributed by atoms with Gasteiger partial charge >= 0.3 is 6.61 Å². The first-order valence-corrected chi connectivity index (χ1v) is 9.00. The zero-order valence-electron chi connectivity index (χ0n) is 15.3. The number of hydrogen-bond acceptors (Lipinski definition) is 4. The maximum absolute atomic E-state index is 12.6. The molecular formula is C18H27F2N5O. The summed E-state index contributed by atoms with van der Waals surface area (Å²) in [7, 11) is 1.71. The number of alkyl halides is 2. The van der Waals surface area contributed by atoms with Crippen molar-refractivity contribution in [2.24, 2.45) is 4.99 Å². The number of nitrogens with zero attached hydrogens (tertiary/aromatic N) is 3. The summed E-state index contributed by atoms with van der Waals surface area (Å²) in [5.74, 6) is 0.851. The summed E-state index contributed by atoms with van der Waals surface area (Å²) in [5.41, 5.74) is 1.67. The molecule has 4 rings (SSSR count). The van der Waals surface area contributed by atoms with E-state index in [4.69, 9.17) is 0 Å². The molecule has 0 amide bonds. The fourth-order valence-corrected chi connectivity index (χ4v) is 3.59. The number of aliphatic imine (C=N–C) groups is 1. The van der Waals surface area contributed by atoms with Gasteiger partial charge in [0, 0.05) is 64.5 Å². The molecule has 2 bridgehead atoms. The van der Waals surface area contributed by atoms with Crippen molar-refractivity contribution in [3.63, 3.8) is 0 Å². The SMILES string of the molecule is CN=C(NCc1cc(C)ccc1OC(F)F)NCC1CN2CCN1CC2. The molecule has 3 heterocycles. The maximum atomic E-state index is 12.6. The molecule has 3 fully saturated rings. The molecule has 0 aliphatic carbocycles. The van der Waals surface area contributed by atoms with Gasteiger partial charge in [-0.2, -0.15) is 8.78 Å². The van der Waals surface area contributed by atoms with Crippen LogP contribution < -0.4 is 15.4 Å². The molecule has 1 aromatic carbocycles. The van der Waals surface area contributed by atoms with Crippen LogP contribution in [0.15, 0.2) is 23.2 Å². The molecule has 3 aliphatic rings. The second kappa shape index (κ2) is 8.64. The minimum absolute atomic E-state index is 0.192. The van der Waals surface area contributed by atoms with Crippen molar-refractivity contribution >= 4 is 5.96 Å². The lowest BCUT2D eigenvalue weighted by Gasteiger charge is -2.47. The number of ether oxygens (including phenoxy) is 1. The number of piperazine rings is 3. The van der Waals surface area contributed by atoms with E-state index in [9.17, 15) is 8.78 Å². The van der Waals surface area contributed by atoms with E-state index >= 15 is 0 Å². The average Bonchev–Trinajstić information content (AvgIpc) is 2.64. The van der Waals surface area contributed by atoms with Crippen LogP contribution in [-0.4, -0.2) is 74.7 Å². The predicted molar refractivity (Wildman–Crippen MR) is 97.8 cm³/mol. The van der Waals surface area contributed by atoms with E-state index in [1.54, 1.807) is 19.2 Å². The van der Waals surface area contributed by atoms with Gasteiger partial charge in [0.15, 0.2) is 5.96 Å². The van der Waals surface area contributed by atoms with Gasteiger partial charge in [-0.1, -0.05) is 17.7 Å². The molecule has 0 radical (unpaired) electrons. The fourth-order valence-electron chi connectivity index (χ4n) is 3.59. The molecule has 1 unspecified atom stereocenters. The number of nitrogens with one attached hydrogen (secondary N) is 2. The van der Waals surface area contributed by atoms with E-state index in [0.29, 0.717) is 24.1 Å². The molecule has 0 spiro atoms. The molecule has 1 atom stereocenters. The first-order chi connectivity index (χ1) is 12.5. The summed E-state index contributed by atoms with van der Waals surface area (Å²) in [4.78, 5) is 9.23. The van der Waals surface area contributed by atoms with Crippen molar-refractivity contribution in [2.75, 3.05) is 46.3 Å². The fraction of sp³-hybridized carbons (Fsp3) is 0.611. The summed E-state index contributed by atoms with van der Waals surface area (Å²) in [6, 6.07) is 5.66. The highest BCUT2D eigenvalue weighted by Gasteiger charge is 2.31. The number of fused-ring (bicyclic) bond motifs is 3. The van der Waals surface area contributed by atoms with E-state index in [-0.39, 0.29) is 5.75 Å². The Labute approximate surface area is 153 Å². The number of benzene rings is 1. The van der Waals surface area contributed by atoms with Crippen molar-refractivity contribution in [1.29, 1.82) is 0 Å². The van der Waals surface area contributed by atoms with Gasteiger partial charge in [-0.25, -0.2) is 0 Å². The van der Waals surface area contributed by atoms with Crippen LogP contribution in [0, 0.1) is 6.92 Å². The number of hydrogen-bond donors (Lipinski definition) is 2.